The number of aromatic nitrogens is 2. The number of halogens is 1. The number of aliphatic carboxylic acids is 1. The maximum absolute atomic E-state index is 10.9. The van der Waals surface area contributed by atoms with Crippen molar-refractivity contribution in [2.75, 3.05) is 0 Å². The number of hydrogen-bond acceptors (Lipinski definition) is 4. The van der Waals surface area contributed by atoms with Gasteiger partial charge in [-0.1, -0.05) is 23.7 Å². The zero-order valence-electron chi connectivity index (χ0n) is 9.63. The number of aryl methyl sites for hydroxylation is 1. The Morgan fingerprint density at radius 3 is 2.83 bits per heavy atom. The molecule has 18 heavy (non-hydrogen) atoms. The molecule has 94 valence electrons. The van der Waals surface area contributed by atoms with E-state index in [1.807, 2.05) is 0 Å². The molecule has 6 heteroatoms. The van der Waals surface area contributed by atoms with Gasteiger partial charge in [-0.2, -0.15) is 0 Å². The third-order valence-electron chi connectivity index (χ3n) is 2.47. The van der Waals surface area contributed by atoms with E-state index in [0.29, 0.717) is 10.9 Å². The molecule has 0 radical (unpaired) electrons. The van der Waals surface area contributed by atoms with Gasteiger partial charge in [-0.25, -0.2) is 0 Å². The van der Waals surface area contributed by atoms with Crippen molar-refractivity contribution in [3.8, 4) is 0 Å². The minimum atomic E-state index is -0.934. The molecule has 2 rings (SSSR count). The van der Waals surface area contributed by atoms with Crippen molar-refractivity contribution in [3.05, 3.63) is 46.6 Å². The highest BCUT2D eigenvalue weighted by Crippen LogP contribution is 2.28. The Labute approximate surface area is 108 Å². The first-order chi connectivity index (χ1) is 8.56. The van der Waals surface area contributed by atoms with E-state index in [0.717, 1.165) is 5.56 Å². The first-order valence-electron chi connectivity index (χ1n) is 5.33. The molecule has 5 nitrogen and oxygen atoms in total. The molecule has 0 aliphatic heterocycles. The maximum atomic E-state index is 10.9. The van der Waals surface area contributed by atoms with Crippen LogP contribution in [-0.4, -0.2) is 21.3 Å². The number of carboxylic acids is 1. The van der Waals surface area contributed by atoms with Crippen LogP contribution in [0, 0.1) is 6.92 Å². The van der Waals surface area contributed by atoms with Crippen LogP contribution in [-0.2, 0) is 4.79 Å². The SMILES string of the molecule is Cc1nnc(C(CC(=O)O)c2cccc(Cl)c2)o1. The van der Waals surface area contributed by atoms with Crippen molar-refractivity contribution >= 4 is 17.6 Å². The summed E-state index contributed by atoms with van der Waals surface area (Å²) in [5, 5.41) is 17.1. The number of nitrogens with zero attached hydrogens (tertiary/aromatic N) is 2. The summed E-state index contributed by atoms with van der Waals surface area (Å²) in [7, 11) is 0. The molecular formula is C12H11ClN2O3. The summed E-state index contributed by atoms with van der Waals surface area (Å²) in [6.07, 6.45) is -0.123. The highest BCUT2D eigenvalue weighted by Gasteiger charge is 2.23. The molecule has 0 aliphatic carbocycles. The lowest BCUT2D eigenvalue weighted by Gasteiger charge is -2.11. The topological polar surface area (TPSA) is 76.2 Å². The highest BCUT2D eigenvalue weighted by atomic mass is 35.5. The van der Waals surface area contributed by atoms with Crippen LogP contribution in [0.3, 0.4) is 0 Å². The number of carbonyl (C=O) groups is 1. The van der Waals surface area contributed by atoms with Gasteiger partial charge in [0.05, 0.1) is 12.3 Å². The fraction of sp³-hybridized carbons (Fsp3) is 0.250. The minimum absolute atomic E-state index is 0.123. The average molecular weight is 267 g/mol. The van der Waals surface area contributed by atoms with Gasteiger partial charge < -0.3 is 9.52 Å². The van der Waals surface area contributed by atoms with Gasteiger partial charge in [0, 0.05) is 11.9 Å². The molecule has 0 amide bonds. The molecule has 1 unspecified atom stereocenters. The third-order valence-corrected chi connectivity index (χ3v) is 2.70. The monoisotopic (exact) mass is 266 g/mol. The molecule has 0 bridgehead atoms. The molecule has 1 atom stereocenters. The molecule has 0 fully saturated rings. The highest BCUT2D eigenvalue weighted by molar-refractivity contribution is 6.30. The van der Waals surface area contributed by atoms with Crippen molar-refractivity contribution in [2.24, 2.45) is 0 Å². The Balaban J connectivity index is 2.39. The zero-order valence-corrected chi connectivity index (χ0v) is 10.4. The summed E-state index contributed by atoms with van der Waals surface area (Å²) in [6, 6.07) is 6.98. The summed E-state index contributed by atoms with van der Waals surface area (Å²) in [6.45, 7) is 1.66. The first kappa shape index (κ1) is 12.6. The number of benzene rings is 1. The predicted molar refractivity (Wildman–Crippen MR) is 64.6 cm³/mol. The Morgan fingerprint density at radius 1 is 1.50 bits per heavy atom. The maximum Gasteiger partial charge on any atom is 0.304 e. The molecule has 0 saturated carbocycles. The quantitative estimate of drug-likeness (QED) is 0.920. The van der Waals surface area contributed by atoms with E-state index in [2.05, 4.69) is 10.2 Å². The Hall–Kier alpha value is -1.88. The second kappa shape index (κ2) is 5.18. The summed E-state index contributed by atoms with van der Waals surface area (Å²) in [5.74, 6) is -0.724. The van der Waals surface area contributed by atoms with Gasteiger partial charge in [0.25, 0.3) is 0 Å². The standard InChI is InChI=1S/C12H11ClN2O3/c1-7-14-15-12(18-7)10(6-11(16)17)8-3-2-4-9(13)5-8/h2-5,10H,6H2,1H3,(H,16,17). The van der Waals surface area contributed by atoms with Crippen LogP contribution < -0.4 is 0 Å². The van der Waals surface area contributed by atoms with Gasteiger partial charge in [-0.3, -0.25) is 4.79 Å². The van der Waals surface area contributed by atoms with E-state index < -0.39 is 11.9 Å². The molecule has 1 heterocycles. The Morgan fingerprint density at radius 2 is 2.28 bits per heavy atom. The lowest BCUT2D eigenvalue weighted by atomic mass is 9.96. The Kier molecular flexibility index (Phi) is 3.62. The first-order valence-corrected chi connectivity index (χ1v) is 5.71. The van der Waals surface area contributed by atoms with Gasteiger partial charge in [-0.15, -0.1) is 10.2 Å². The number of carboxylic acid groups (broad SMARTS) is 1. The lowest BCUT2D eigenvalue weighted by Crippen LogP contribution is -2.08. The van der Waals surface area contributed by atoms with Crippen molar-refractivity contribution in [1.29, 1.82) is 0 Å². The Bertz CT molecular complexity index is 568. The van der Waals surface area contributed by atoms with Gasteiger partial charge in [0.2, 0.25) is 11.8 Å². The lowest BCUT2D eigenvalue weighted by molar-refractivity contribution is -0.137. The van der Waals surface area contributed by atoms with E-state index in [4.69, 9.17) is 21.1 Å². The molecule has 1 N–H and O–H groups in total. The smallest absolute Gasteiger partial charge is 0.304 e. The second-order valence-corrected chi connectivity index (χ2v) is 4.30. The van der Waals surface area contributed by atoms with Crippen LogP contribution in [0.2, 0.25) is 5.02 Å². The molecule has 0 spiro atoms. The van der Waals surface area contributed by atoms with Crippen molar-refractivity contribution in [3.63, 3.8) is 0 Å². The van der Waals surface area contributed by atoms with Crippen LogP contribution in [0.15, 0.2) is 28.7 Å². The number of rotatable bonds is 4. The molecule has 0 saturated heterocycles. The molecule has 1 aromatic carbocycles. The largest absolute Gasteiger partial charge is 0.481 e. The fourth-order valence-electron chi connectivity index (χ4n) is 1.70. The van der Waals surface area contributed by atoms with E-state index in [-0.39, 0.29) is 12.3 Å². The van der Waals surface area contributed by atoms with E-state index >= 15 is 0 Å². The van der Waals surface area contributed by atoms with Gasteiger partial charge in [0.1, 0.15) is 0 Å². The summed E-state index contributed by atoms with van der Waals surface area (Å²) >= 11 is 5.90. The van der Waals surface area contributed by atoms with E-state index in [1.54, 1.807) is 31.2 Å². The molecule has 0 aliphatic rings. The molecule has 2 aromatic rings. The molecular weight excluding hydrogens is 256 g/mol. The summed E-state index contributed by atoms with van der Waals surface area (Å²) < 4.78 is 5.31. The van der Waals surface area contributed by atoms with Gasteiger partial charge in [-0.05, 0) is 17.7 Å². The predicted octanol–water partition coefficient (Wildman–Crippen LogP) is 2.64. The van der Waals surface area contributed by atoms with Crippen LogP contribution >= 0.6 is 11.6 Å². The normalized spacial score (nSPS) is 12.3. The van der Waals surface area contributed by atoms with Crippen molar-refractivity contribution in [2.45, 2.75) is 19.3 Å². The molecule has 1 aromatic heterocycles. The second-order valence-electron chi connectivity index (χ2n) is 3.86. The summed E-state index contributed by atoms with van der Waals surface area (Å²) in [5.41, 5.74) is 0.744. The average Bonchev–Trinajstić information content (AvgIpc) is 2.72. The third kappa shape index (κ3) is 2.87. The van der Waals surface area contributed by atoms with Crippen molar-refractivity contribution < 1.29 is 14.3 Å². The van der Waals surface area contributed by atoms with Crippen LogP contribution in [0.4, 0.5) is 0 Å². The van der Waals surface area contributed by atoms with Gasteiger partial charge in [0.15, 0.2) is 0 Å². The minimum Gasteiger partial charge on any atom is -0.481 e. The fourth-order valence-corrected chi connectivity index (χ4v) is 1.90. The number of hydrogen-bond donors (Lipinski definition) is 1. The van der Waals surface area contributed by atoms with Crippen LogP contribution in [0.1, 0.15) is 29.7 Å². The zero-order chi connectivity index (χ0) is 13.1. The van der Waals surface area contributed by atoms with E-state index in [1.165, 1.54) is 0 Å². The van der Waals surface area contributed by atoms with Crippen LogP contribution in [0.25, 0.3) is 0 Å². The van der Waals surface area contributed by atoms with Crippen LogP contribution in [0.5, 0.6) is 0 Å². The van der Waals surface area contributed by atoms with Gasteiger partial charge >= 0.3 is 5.97 Å². The van der Waals surface area contributed by atoms with Crippen molar-refractivity contribution in [1.82, 2.24) is 10.2 Å². The summed E-state index contributed by atoms with van der Waals surface area (Å²) in [4.78, 5) is 10.9. The van der Waals surface area contributed by atoms with E-state index in [9.17, 15) is 4.79 Å².